The van der Waals surface area contributed by atoms with E-state index >= 15 is 0 Å². The Hall–Kier alpha value is -2.24. The molecule has 2 aromatic rings. The van der Waals surface area contributed by atoms with Crippen molar-refractivity contribution in [1.29, 1.82) is 0 Å². The number of nitrogens with zero attached hydrogens (tertiary/aromatic N) is 1. The average Bonchev–Trinajstić information content (AvgIpc) is 2.49. The Bertz CT molecular complexity index is 614. The van der Waals surface area contributed by atoms with E-state index in [4.69, 9.17) is 9.84 Å². The maximum Gasteiger partial charge on any atom is 0.354 e. The Morgan fingerprint density at radius 1 is 1.14 bits per heavy atom. The van der Waals surface area contributed by atoms with Crippen molar-refractivity contribution in [1.82, 2.24) is 10.3 Å². The number of carbonyl (C=O) groups is 1. The van der Waals surface area contributed by atoms with Crippen LogP contribution < -0.4 is 5.32 Å². The normalized spacial score (nSPS) is 10.5. The van der Waals surface area contributed by atoms with Crippen molar-refractivity contribution in [2.24, 2.45) is 0 Å². The average molecular weight is 286 g/mol. The van der Waals surface area contributed by atoms with Crippen LogP contribution in [0.3, 0.4) is 0 Å². The fourth-order valence-corrected chi connectivity index (χ4v) is 2.05. The van der Waals surface area contributed by atoms with Crippen LogP contribution in [-0.4, -0.2) is 23.2 Å². The predicted octanol–water partition coefficient (Wildman–Crippen LogP) is 2.22. The lowest BCUT2D eigenvalue weighted by molar-refractivity contribution is 0.0690. The molecule has 0 amide bonds. The van der Waals surface area contributed by atoms with Gasteiger partial charge in [0.2, 0.25) is 0 Å². The molecule has 0 aliphatic carbocycles. The van der Waals surface area contributed by atoms with E-state index in [2.05, 4.69) is 10.3 Å². The van der Waals surface area contributed by atoms with Gasteiger partial charge in [-0.3, -0.25) is 0 Å². The van der Waals surface area contributed by atoms with Crippen LogP contribution in [0.15, 0.2) is 42.5 Å². The zero-order chi connectivity index (χ0) is 15.1. The van der Waals surface area contributed by atoms with Crippen LogP contribution in [0, 0.1) is 0 Å². The van der Waals surface area contributed by atoms with Crippen LogP contribution in [0.5, 0.6) is 0 Å². The van der Waals surface area contributed by atoms with Gasteiger partial charge in [0.15, 0.2) is 0 Å². The summed E-state index contributed by atoms with van der Waals surface area (Å²) < 4.78 is 5.17. The molecular formula is C16H18N2O3. The Kier molecular flexibility index (Phi) is 5.43. The highest BCUT2D eigenvalue weighted by Gasteiger charge is 2.05. The van der Waals surface area contributed by atoms with Crippen LogP contribution in [0.25, 0.3) is 0 Å². The Morgan fingerprint density at radius 3 is 2.62 bits per heavy atom. The Balaban J connectivity index is 1.95. The van der Waals surface area contributed by atoms with Gasteiger partial charge in [-0.15, -0.1) is 0 Å². The number of methoxy groups -OCH3 is 1. The van der Waals surface area contributed by atoms with Gasteiger partial charge in [0.05, 0.1) is 12.3 Å². The molecule has 0 fully saturated rings. The summed E-state index contributed by atoms with van der Waals surface area (Å²) in [6, 6.07) is 13.0. The van der Waals surface area contributed by atoms with E-state index in [0.717, 1.165) is 11.1 Å². The van der Waals surface area contributed by atoms with Crippen molar-refractivity contribution in [3.63, 3.8) is 0 Å². The molecule has 0 saturated carbocycles. The fourth-order valence-electron chi connectivity index (χ4n) is 2.05. The number of hydrogen-bond donors (Lipinski definition) is 2. The zero-order valence-corrected chi connectivity index (χ0v) is 11.9. The van der Waals surface area contributed by atoms with Crippen molar-refractivity contribution in [3.8, 4) is 0 Å². The number of rotatable bonds is 7. The molecule has 1 aromatic carbocycles. The fraction of sp³-hybridized carbons (Fsp3) is 0.250. The molecular weight excluding hydrogens is 268 g/mol. The minimum Gasteiger partial charge on any atom is -0.477 e. The molecule has 0 radical (unpaired) electrons. The number of aromatic carboxylic acids is 1. The molecule has 5 nitrogen and oxygen atoms in total. The summed E-state index contributed by atoms with van der Waals surface area (Å²) in [4.78, 5) is 14.9. The topological polar surface area (TPSA) is 71.5 Å². The van der Waals surface area contributed by atoms with Crippen LogP contribution in [0.1, 0.15) is 27.3 Å². The predicted molar refractivity (Wildman–Crippen MR) is 78.9 cm³/mol. The van der Waals surface area contributed by atoms with E-state index < -0.39 is 5.97 Å². The van der Waals surface area contributed by atoms with Gasteiger partial charge in [0, 0.05) is 20.2 Å². The molecule has 0 atom stereocenters. The van der Waals surface area contributed by atoms with Crippen molar-refractivity contribution in [2.45, 2.75) is 19.7 Å². The maximum absolute atomic E-state index is 10.9. The molecule has 21 heavy (non-hydrogen) atoms. The maximum atomic E-state index is 10.9. The minimum atomic E-state index is -1.01. The van der Waals surface area contributed by atoms with E-state index in [9.17, 15) is 4.79 Å². The molecule has 110 valence electrons. The molecule has 0 saturated heterocycles. The molecule has 0 spiro atoms. The summed E-state index contributed by atoms with van der Waals surface area (Å²) in [5, 5.41) is 12.2. The smallest absolute Gasteiger partial charge is 0.354 e. The number of carboxylic acid groups (broad SMARTS) is 1. The van der Waals surface area contributed by atoms with Gasteiger partial charge in [-0.1, -0.05) is 30.3 Å². The first-order valence-electron chi connectivity index (χ1n) is 6.66. The molecule has 0 bridgehead atoms. The molecule has 2 N–H and O–H groups in total. The van der Waals surface area contributed by atoms with Crippen LogP contribution in [0.2, 0.25) is 0 Å². The largest absolute Gasteiger partial charge is 0.477 e. The van der Waals surface area contributed by atoms with Crippen LogP contribution >= 0.6 is 0 Å². The van der Waals surface area contributed by atoms with E-state index in [1.165, 1.54) is 6.07 Å². The molecule has 5 heteroatoms. The summed E-state index contributed by atoms with van der Waals surface area (Å²) in [5.74, 6) is -1.01. The van der Waals surface area contributed by atoms with Crippen molar-refractivity contribution >= 4 is 5.97 Å². The van der Waals surface area contributed by atoms with E-state index in [0.29, 0.717) is 25.4 Å². The van der Waals surface area contributed by atoms with E-state index in [1.807, 2.05) is 24.3 Å². The third-order valence-electron chi connectivity index (χ3n) is 3.07. The van der Waals surface area contributed by atoms with E-state index in [-0.39, 0.29) is 5.69 Å². The van der Waals surface area contributed by atoms with Crippen molar-refractivity contribution in [3.05, 3.63) is 65.0 Å². The van der Waals surface area contributed by atoms with Gasteiger partial charge in [-0.2, -0.15) is 0 Å². The number of ether oxygens (including phenoxy) is 1. The number of aromatic nitrogens is 1. The van der Waals surface area contributed by atoms with Gasteiger partial charge >= 0.3 is 5.97 Å². The molecule has 0 unspecified atom stereocenters. The lowest BCUT2D eigenvalue weighted by Crippen LogP contribution is -2.16. The standard InChI is InChI=1S/C16H18N2O3/c1-21-11-13-6-3-2-5-12(13)9-17-10-14-7-4-8-15(18-14)16(19)20/h2-8,17H,9-11H2,1H3,(H,19,20). The molecule has 1 heterocycles. The van der Waals surface area contributed by atoms with Crippen LogP contribution in [0.4, 0.5) is 0 Å². The molecule has 1 aromatic heterocycles. The van der Waals surface area contributed by atoms with Gasteiger partial charge in [0.25, 0.3) is 0 Å². The van der Waals surface area contributed by atoms with Crippen molar-refractivity contribution < 1.29 is 14.6 Å². The Labute approximate surface area is 123 Å². The zero-order valence-electron chi connectivity index (χ0n) is 11.9. The highest BCUT2D eigenvalue weighted by molar-refractivity contribution is 5.85. The first-order valence-corrected chi connectivity index (χ1v) is 6.66. The Morgan fingerprint density at radius 2 is 1.90 bits per heavy atom. The minimum absolute atomic E-state index is 0.0640. The molecule has 0 aliphatic rings. The first kappa shape index (κ1) is 15.2. The summed E-state index contributed by atoms with van der Waals surface area (Å²) in [6.07, 6.45) is 0. The highest BCUT2D eigenvalue weighted by Crippen LogP contribution is 2.10. The number of carboxylic acids is 1. The van der Waals surface area contributed by atoms with Gasteiger partial charge in [-0.05, 0) is 23.3 Å². The van der Waals surface area contributed by atoms with Crippen LogP contribution in [-0.2, 0) is 24.4 Å². The number of nitrogens with one attached hydrogen (secondary N) is 1. The summed E-state index contributed by atoms with van der Waals surface area (Å²) in [7, 11) is 1.67. The summed E-state index contributed by atoms with van der Waals surface area (Å²) >= 11 is 0. The molecule has 2 rings (SSSR count). The summed E-state index contributed by atoms with van der Waals surface area (Å²) in [5.41, 5.74) is 3.07. The quantitative estimate of drug-likeness (QED) is 0.816. The number of pyridine rings is 1. The van der Waals surface area contributed by atoms with E-state index in [1.54, 1.807) is 19.2 Å². The van der Waals surface area contributed by atoms with Gasteiger partial charge in [0.1, 0.15) is 5.69 Å². The third kappa shape index (κ3) is 4.37. The SMILES string of the molecule is COCc1ccccc1CNCc1cccc(C(=O)O)n1. The number of hydrogen-bond acceptors (Lipinski definition) is 4. The van der Waals surface area contributed by atoms with Crippen molar-refractivity contribution in [2.75, 3.05) is 7.11 Å². The summed E-state index contributed by atoms with van der Waals surface area (Å²) in [6.45, 7) is 1.77. The second kappa shape index (κ2) is 7.52. The lowest BCUT2D eigenvalue weighted by Gasteiger charge is -2.10. The van der Waals surface area contributed by atoms with Gasteiger partial charge in [-0.25, -0.2) is 9.78 Å². The monoisotopic (exact) mass is 286 g/mol. The first-order chi connectivity index (χ1) is 10.2. The third-order valence-corrected chi connectivity index (χ3v) is 3.07. The number of benzene rings is 1. The second-order valence-corrected chi connectivity index (χ2v) is 4.62. The second-order valence-electron chi connectivity index (χ2n) is 4.62. The lowest BCUT2D eigenvalue weighted by atomic mass is 10.1. The highest BCUT2D eigenvalue weighted by atomic mass is 16.5. The molecule has 0 aliphatic heterocycles. The van der Waals surface area contributed by atoms with Gasteiger partial charge < -0.3 is 15.2 Å².